The number of hydrogen-bond donors (Lipinski definition) is 0. The molecule has 0 aliphatic heterocycles. The molecular weight excluding hydrogens is 446 g/mol. The van der Waals surface area contributed by atoms with E-state index in [1.165, 1.54) is 22.5 Å². The number of benzene rings is 3. The second kappa shape index (κ2) is 11.6. The summed E-state index contributed by atoms with van der Waals surface area (Å²) in [5, 5.41) is 0. The van der Waals surface area contributed by atoms with Crippen LogP contribution in [0.15, 0.2) is 97.1 Å². The standard InChI is InChI=1S/C32H31NOS/c1-4-5-6-7-8-9-27-22-31(23-34)35-32(27)26-14-20-30(21-15-26)33(28-16-10-24(2)11-17-28)29-18-12-25(3)13-19-29/h6-23H,4-5H2,1-3H3/b7-6+,9-8+. The number of carbonyl (C=O) groups excluding carboxylic acids is 1. The summed E-state index contributed by atoms with van der Waals surface area (Å²) >= 11 is 1.53. The molecule has 0 aliphatic carbocycles. The molecule has 176 valence electrons. The summed E-state index contributed by atoms with van der Waals surface area (Å²) in [5.74, 6) is 0. The van der Waals surface area contributed by atoms with Crippen LogP contribution in [0.5, 0.6) is 0 Å². The van der Waals surface area contributed by atoms with Gasteiger partial charge in [-0.25, -0.2) is 0 Å². The maximum atomic E-state index is 11.5. The number of unbranched alkanes of at least 4 members (excludes halogenated alkanes) is 1. The van der Waals surface area contributed by atoms with E-state index in [1.807, 2.05) is 6.07 Å². The fourth-order valence-electron chi connectivity index (χ4n) is 3.93. The zero-order valence-corrected chi connectivity index (χ0v) is 21.4. The van der Waals surface area contributed by atoms with Crippen molar-refractivity contribution in [2.75, 3.05) is 4.90 Å². The number of aryl methyl sites for hydroxylation is 2. The van der Waals surface area contributed by atoms with Crippen molar-refractivity contribution < 1.29 is 4.79 Å². The summed E-state index contributed by atoms with van der Waals surface area (Å²) in [6.45, 7) is 6.38. The molecule has 2 nitrogen and oxygen atoms in total. The van der Waals surface area contributed by atoms with Gasteiger partial charge >= 0.3 is 0 Å². The lowest BCUT2D eigenvalue weighted by Gasteiger charge is -2.26. The van der Waals surface area contributed by atoms with Gasteiger partial charge in [0.2, 0.25) is 0 Å². The monoisotopic (exact) mass is 477 g/mol. The highest BCUT2D eigenvalue weighted by atomic mass is 32.1. The molecular formula is C32H31NOS. The van der Waals surface area contributed by atoms with Crippen LogP contribution < -0.4 is 4.90 Å². The fraction of sp³-hybridized carbons (Fsp3) is 0.156. The Kier molecular flexibility index (Phi) is 8.12. The molecule has 3 aromatic carbocycles. The minimum atomic E-state index is 0.738. The largest absolute Gasteiger partial charge is 0.311 e. The van der Waals surface area contributed by atoms with Crippen LogP contribution in [0.2, 0.25) is 0 Å². The van der Waals surface area contributed by atoms with Gasteiger partial charge in [0, 0.05) is 21.9 Å². The van der Waals surface area contributed by atoms with Crippen LogP contribution in [0.1, 0.15) is 46.1 Å². The number of thiophene rings is 1. The van der Waals surface area contributed by atoms with E-state index in [-0.39, 0.29) is 0 Å². The van der Waals surface area contributed by atoms with Crippen molar-refractivity contribution in [3.05, 3.63) is 119 Å². The molecule has 0 fully saturated rings. The number of anilines is 3. The lowest BCUT2D eigenvalue weighted by atomic mass is 10.1. The predicted molar refractivity (Wildman–Crippen MR) is 152 cm³/mol. The number of aldehydes is 1. The highest BCUT2D eigenvalue weighted by molar-refractivity contribution is 7.17. The van der Waals surface area contributed by atoms with Gasteiger partial charge in [0.15, 0.2) is 6.29 Å². The fourth-order valence-corrected chi connectivity index (χ4v) is 4.90. The molecule has 0 radical (unpaired) electrons. The molecule has 0 bridgehead atoms. The van der Waals surface area contributed by atoms with Crippen molar-refractivity contribution in [3.8, 4) is 10.4 Å². The van der Waals surface area contributed by atoms with Crippen LogP contribution in [0.25, 0.3) is 16.5 Å². The summed E-state index contributed by atoms with van der Waals surface area (Å²) in [7, 11) is 0. The molecule has 0 saturated heterocycles. The maximum absolute atomic E-state index is 11.5. The first kappa shape index (κ1) is 24.4. The van der Waals surface area contributed by atoms with Crippen molar-refractivity contribution in [2.45, 2.75) is 33.6 Å². The van der Waals surface area contributed by atoms with Gasteiger partial charge in [-0.05, 0) is 73.9 Å². The molecule has 35 heavy (non-hydrogen) atoms. The third-order valence-corrected chi connectivity index (χ3v) is 6.97. The third kappa shape index (κ3) is 6.06. The molecule has 0 N–H and O–H groups in total. The van der Waals surface area contributed by atoms with Gasteiger partial charge in [0.05, 0.1) is 4.88 Å². The Morgan fingerprint density at radius 3 is 1.83 bits per heavy atom. The number of nitrogens with zero attached hydrogens (tertiary/aromatic N) is 1. The van der Waals surface area contributed by atoms with E-state index in [0.29, 0.717) is 0 Å². The van der Waals surface area contributed by atoms with Crippen LogP contribution in [0.4, 0.5) is 17.1 Å². The number of carbonyl (C=O) groups is 1. The molecule has 0 saturated carbocycles. The van der Waals surface area contributed by atoms with Crippen LogP contribution in [0.3, 0.4) is 0 Å². The Hall–Kier alpha value is -3.69. The Balaban J connectivity index is 1.69. The van der Waals surface area contributed by atoms with Crippen LogP contribution in [-0.2, 0) is 0 Å². The molecule has 0 amide bonds. The van der Waals surface area contributed by atoms with Crippen LogP contribution in [-0.4, -0.2) is 6.29 Å². The van der Waals surface area contributed by atoms with Crippen molar-refractivity contribution in [1.29, 1.82) is 0 Å². The van der Waals surface area contributed by atoms with E-state index in [1.54, 1.807) is 0 Å². The molecule has 0 aliphatic rings. The maximum Gasteiger partial charge on any atom is 0.160 e. The number of hydrogen-bond acceptors (Lipinski definition) is 3. The van der Waals surface area contributed by atoms with Gasteiger partial charge in [0.25, 0.3) is 0 Å². The van der Waals surface area contributed by atoms with Crippen molar-refractivity contribution >= 4 is 40.8 Å². The van der Waals surface area contributed by atoms with Crippen LogP contribution in [0, 0.1) is 13.8 Å². The van der Waals surface area contributed by atoms with Gasteiger partial charge in [-0.1, -0.05) is 85.2 Å². The summed E-state index contributed by atoms with van der Waals surface area (Å²) < 4.78 is 0. The second-order valence-electron chi connectivity index (χ2n) is 8.68. The Morgan fingerprint density at radius 1 is 0.771 bits per heavy atom. The normalized spacial score (nSPS) is 11.4. The summed E-state index contributed by atoms with van der Waals surface area (Å²) in [5.41, 5.74) is 7.98. The number of allylic oxidation sites excluding steroid dienone is 3. The van der Waals surface area contributed by atoms with Gasteiger partial charge in [-0.15, -0.1) is 11.3 Å². The molecule has 1 heterocycles. The highest BCUT2D eigenvalue weighted by Gasteiger charge is 2.14. The topological polar surface area (TPSA) is 20.3 Å². The first-order chi connectivity index (χ1) is 17.1. The Labute approximate surface area is 212 Å². The van der Waals surface area contributed by atoms with E-state index in [9.17, 15) is 4.79 Å². The molecule has 4 aromatic rings. The van der Waals surface area contributed by atoms with Gasteiger partial charge < -0.3 is 4.90 Å². The molecule has 0 unspecified atom stereocenters. The zero-order valence-electron chi connectivity index (χ0n) is 20.6. The minimum Gasteiger partial charge on any atom is -0.311 e. The van der Waals surface area contributed by atoms with E-state index in [4.69, 9.17) is 0 Å². The van der Waals surface area contributed by atoms with E-state index < -0.39 is 0 Å². The third-order valence-electron chi connectivity index (χ3n) is 5.85. The molecule has 0 atom stereocenters. The Morgan fingerprint density at radius 2 is 1.31 bits per heavy atom. The molecule has 0 spiro atoms. The van der Waals surface area contributed by atoms with E-state index in [0.717, 1.165) is 57.1 Å². The predicted octanol–water partition coefficient (Wildman–Crippen LogP) is 9.68. The first-order valence-corrected chi connectivity index (χ1v) is 12.9. The molecule has 3 heteroatoms. The van der Waals surface area contributed by atoms with Crippen molar-refractivity contribution in [1.82, 2.24) is 0 Å². The highest BCUT2D eigenvalue weighted by Crippen LogP contribution is 2.38. The quantitative estimate of drug-likeness (QED) is 0.177. The van der Waals surface area contributed by atoms with E-state index >= 15 is 0 Å². The molecule has 1 aromatic heterocycles. The second-order valence-corrected chi connectivity index (χ2v) is 9.76. The number of rotatable bonds is 9. The summed E-state index contributed by atoms with van der Waals surface area (Å²) in [6.07, 6.45) is 11.5. The average Bonchev–Trinajstić information content (AvgIpc) is 3.30. The van der Waals surface area contributed by atoms with Crippen molar-refractivity contribution in [3.63, 3.8) is 0 Å². The zero-order chi connectivity index (χ0) is 24.6. The van der Waals surface area contributed by atoms with E-state index in [2.05, 4.69) is 123 Å². The molecule has 4 rings (SSSR count). The first-order valence-electron chi connectivity index (χ1n) is 12.0. The van der Waals surface area contributed by atoms with Crippen molar-refractivity contribution in [2.24, 2.45) is 0 Å². The summed E-state index contributed by atoms with van der Waals surface area (Å²) in [4.78, 5) is 15.6. The lowest BCUT2D eigenvalue weighted by Crippen LogP contribution is -2.09. The summed E-state index contributed by atoms with van der Waals surface area (Å²) in [6, 6.07) is 27.8. The lowest BCUT2D eigenvalue weighted by molar-refractivity contribution is 0.112. The smallest absolute Gasteiger partial charge is 0.160 e. The van der Waals surface area contributed by atoms with Gasteiger partial charge in [0.1, 0.15) is 0 Å². The van der Waals surface area contributed by atoms with Gasteiger partial charge in [-0.3, -0.25) is 4.79 Å². The Bertz CT molecular complexity index is 1260. The average molecular weight is 478 g/mol. The minimum absolute atomic E-state index is 0.738. The van der Waals surface area contributed by atoms with Gasteiger partial charge in [-0.2, -0.15) is 0 Å². The SMILES string of the molecule is CCC/C=C/C=C/c1cc(C=O)sc1-c1ccc(N(c2ccc(C)cc2)c2ccc(C)cc2)cc1. The van der Waals surface area contributed by atoms with Crippen LogP contribution >= 0.6 is 11.3 Å².